The summed E-state index contributed by atoms with van der Waals surface area (Å²) in [5.41, 5.74) is 3.53. The van der Waals surface area contributed by atoms with Gasteiger partial charge in [0, 0.05) is 11.1 Å². The van der Waals surface area contributed by atoms with Crippen LogP contribution in [0.3, 0.4) is 0 Å². The minimum absolute atomic E-state index is 0.704. The first-order chi connectivity index (χ1) is 15.8. The van der Waals surface area contributed by atoms with Crippen LogP contribution in [0.1, 0.15) is 18.4 Å². The van der Waals surface area contributed by atoms with Crippen molar-refractivity contribution in [3.63, 3.8) is 0 Å². The van der Waals surface area contributed by atoms with Crippen LogP contribution >= 0.6 is 7.92 Å². The van der Waals surface area contributed by atoms with Crippen molar-refractivity contribution in [2.75, 3.05) is 13.2 Å². The Hall–Kier alpha value is -3.09. The van der Waals surface area contributed by atoms with Crippen molar-refractivity contribution < 1.29 is 9.47 Å². The predicted molar refractivity (Wildman–Crippen MR) is 136 cm³/mol. The van der Waals surface area contributed by atoms with Crippen LogP contribution in [-0.4, -0.2) is 13.2 Å². The maximum absolute atomic E-state index is 6.39. The molecule has 0 amide bonds. The molecular weight excluding hydrogens is 411 g/mol. The fraction of sp³-hybridized carbons (Fsp3) is 0.172. The first kappa shape index (κ1) is 20.8. The number of hydrogen-bond donors (Lipinski definition) is 0. The molecule has 3 heteroatoms. The Kier molecular flexibility index (Phi) is 6.23. The van der Waals surface area contributed by atoms with Gasteiger partial charge < -0.3 is 9.47 Å². The summed E-state index contributed by atoms with van der Waals surface area (Å²) in [5.74, 6) is 1.89. The molecule has 160 valence electrons. The van der Waals surface area contributed by atoms with E-state index in [1.165, 1.54) is 27.0 Å². The van der Waals surface area contributed by atoms with Crippen LogP contribution in [0.25, 0.3) is 11.1 Å². The molecule has 5 rings (SSSR count). The summed E-state index contributed by atoms with van der Waals surface area (Å²) in [4.78, 5) is 0. The molecule has 1 aliphatic heterocycles. The quantitative estimate of drug-likeness (QED) is 0.367. The van der Waals surface area contributed by atoms with E-state index in [2.05, 4.69) is 104 Å². The van der Waals surface area contributed by atoms with Gasteiger partial charge in [0.15, 0.2) is 0 Å². The largest absolute Gasteiger partial charge is 0.493 e. The van der Waals surface area contributed by atoms with Crippen LogP contribution in [-0.2, 0) is 0 Å². The molecule has 1 aliphatic rings. The van der Waals surface area contributed by atoms with Crippen LogP contribution in [0.2, 0.25) is 0 Å². The molecule has 0 fully saturated rings. The van der Waals surface area contributed by atoms with Gasteiger partial charge in [-0.3, -0.25) is 0 Å². The van der Waals surface area contributed by atoms with E-state index in [0.717, 1.165) is 29.9 Å². The lowest BCUT2D eigenvalue weighted by atomic mass is 9.98. The molecule has 0 bridgehead atoms. The Balaban J connectivity index is 1.80. The summed E-state index contributed by atoms with van der Waals surface area (Å²) < 4.78 is 12.7. The molecular formula is C29H27O2P. The molecule has 0 aromatic heterocycles. The average Bonchev–Trinajstić information content (AvgIpc) is 2.84. The van der Waals surface area contributed by atoms with Crippen molar-refractivity contribution in [1.29, 1.82) is 0 Å². The smallest absolute Gasteiger partial charge is 0.127 e. The van der Waals surface area contributed by atoms with E-state index in [0.29, 0.717) is 13.2 Å². The zero-order valence-electron chi connectivity index (χ0n) is 18.3. The molecule has 0 atom stereocenters. The van der Waals surface area contributed by atoms with E-state index in [9.17, 15) is 0 Å². The third-order valence-corrected chi connectivity index (χ3v) is 8.30. The van der Waals surface area contributed by atoms with Crippen LogP contribution < -0.4 is 25.4 Å². The van der Waals surface area contributed by atoms with Gasteiger partial charge in [0.1, 0.15) is 11.5 Å². The topological polar surface area (TPSA) is 18.5 Å². The predicted octanol–water partition coefficient (Wildman–Crippen LogP) is 5.97. The second-order valence-corrected chi connectivity index (χ2v) is 10.2. The third kappa shape index (κ3) is 4.16. The molecule has 0 unspecified atom stereocenters. The van der Waals surface area contributed by atoms with Gasteiger partial charge in [-0.15, -0.1) is 0 Å². The molecule has 4 aromatic rings. The van der Waals surface area contributed by atoms with Gasteiger partial charge in [-0.25, -0.2) is 0 Å². The number of rotatable bonds is 3. The van der Waals surface area contributed by atoms with Crippen molar-refractivity contribution in [3.8, 4) is 22.6 Å². The van der Waals surface area contributed by atoms with Crippen LogP contribution in [0.5, 0.6) is 11.5 Å². The summed E-state index contributed by atoms with van der Waals surface area (Å²) in [6, 6.07) is 34.6. The fourth-order valence-corrected chi connectivity index (χ4v) is 6.78. The fourth-order valence-electron chi connectivity index (χ4n) is 4.31. The Morgan fingerprint density at radius 1 is 0.562 bits per heavy atom. The average molecular weight is 439 g/mol. The van der Waals surface area contributed by atoms with Crippen molar-refractivity contribution in [2.45, 2.75) is 19.8 Å². The SMILES string of the molecule is Cc1cccc2c1-c1c(cccc1P(c1ccccc1)c1ccccc1)OCCCCO2. The summed E-state index contributed by atoms with van der Waals surface area (Å²) in [5, 5.41) is 3.96. The molecule has 0 spiro atoms. The van der Waals surface area contributed by atoms with E-state index in [4.69, 9.17) is 9.47 Å². The Labute approximate surface area is 191 Å². The summed E-state index contributed by atoms with van der Waals surface area (Å²) in [6.07, 6.45) is 1.97. The Morgan fingerprint density at radius 2 is 1.09 bits per heavy atom. The summed E-state index contributed by atoms with van der Waals surface area (Å²) >= 11 is 0. The third-order valence-electron chi connectivity index (χ3n) is 5.81. The van der Waals surface area contributed by atoms with Crippen LogP contribution in [0.4, 0.5) is 0 Å². The summed E-state index contributed by atoms with van der Waals surface area (Å²) in [6.45, 7) is 3.58. The number of fused-ring (bicyclic) bond motifs is 3. The van der Waals surface area contributed by atoms with E-state index >= 15 is 0 Å². The molecule has 0 N–H and O–H groups in total. The lowest BCUT2D eigenvalue weighted by molar-refractivity contribution is 0.264. The minimum Gasteiger partial charge on any atom is -0.493 e. The molecule has 0 radical (unpaired) electrons. The highest BCUT2D eigenvalue weighted by Gasteiger charge is 2.26. The number of aryl methyl sites for hydroxylation is 1. The lowest BCUT2D eigenvalue weighted by Crippen LogP contribution is -2.23. The standard InChI is InChI=1S/C29H27O2P/c1-22-12-10-17-25-28(22)29-26(31-21-9-8-20-30-25)18-11-19-27(29)32(23-13-4-2-5-14-23)24-15-6-3-7-16-24/h2-7,10-19H,8-9,20-21H2,1H3. The van der Waals surface area contributed by atoms with E-state index in [-0.39, 0.29) is 0 Å². The first-order valence-electron chi connectivity index (χ1n) is 11.2. The van der Waals surface area contributed by atoms with E-state index < -0.39 is 7.92 Å². The molecule has 1 heterocycles. The van der Waals surface area contributed by atoms with Gasteiger partial charge in [-0.1, -0.05) is 84.9 Å². The van der Waals surface area contributed by atoms with E-state index in [1.54, 1.807) is 0 Å². The number of benzene rings is 4. The highest BCUT2D eigenvalue weighted by Crippen LogP contribution is 2.45. The van der Waals surface area contributed by atoms with Crippen molar-refractivity contribution >= 4 is 23.8 Å². The van der Waals surface area contributed by atoms with Crippen molar-refractivity contribution in [2.24, 2.45) is 0 Å². The normalized spacial score (nSPS) is 13.4. The van der Waals surface area contributed by atoms with Crippen LogP contribution in [0, 0.1) is 6.92 Å². The highest BCUT2D eigenvalue weighted by molar-refractivity contribution is 7.80. The molecule has 0 saturated heterocycles. The van der Waals surface area contributed by atoms with Gasteiger partial charge in [0.25, 0.3) is 0 Å². The van der Waals surface area contributed by atoms with Crippen molar-refractivity contribution in [3.05, 3.63) is 103 Å². The monoisotopic (exact) mass is 438 g/mol. The zero-order chi connectivity index (χ0) is 21.8. The zero-order valence-corrected chi connectivity index (χ0v) is 19.2. The number of hydrogen-bond acceptors (Lipinski definition) is 2. The molecule has 0 saturated carbocycles. The van der Waals surface area contributed by atoms with Gasteiger partial charge in [-0.05, 0) is 61.3 Å². The second-order valence-electron chi connectivity index (χ2n) is 8.01. The molecule has 32 heavy (non-hydrogen) atoms. The maximum atomic E-state index is 6.39. The van der Waals surface area contributed by atoms with Gasteiger partial charge in [0.05, 0.1) is 13.2 Å². The summed E-state index contributed by atoms with van der Waals surface area (Å²) in [7, 11) is -0.769. The van der Waals surface area contributed by atoms with Gasteiger partial charge in [0.2, 0.25) is 0 Å². The van der Waals surface area contributed by atoms with Crippen LogP contribution in [0.15, 0.2) is 97.1 Å². The molecule has 0 aliphatic carbocycles. The minimum atomic E-state index is -0.769. The van der Waals surface area contributed by atoms with E-state index in [1.807, 2.05) is 0 Å². The lowest BCUT2D eigenvalue weighted by Gasteiger charge is -2.26. The second kappa shape index (κ2) is 9.59. The van der Waals surface area contributed by atoms with Gasteiger partial charge >= 0.3 is 0 Å². The maximum Gasteiger partial charge on any atom is 0.127 e. The molecule has 2 nitrogen and oxygen atoms in total. The molecule has 4 aromatic carbocycles. The first-order valence-corrected chi connectivity index (χ1v) is 12.6. The number of ether oxygens (including phenoxy) is 2. The van der Waals surface area contributed by atoms with Gasteiger partial charge in [-0.2, -0.15) is 0 Å². The Morgan fingerprint density at radius 3 is 1.69 bits per heavy atom. The van der Waals surface area contributed by atoms with Crippen molar-refractivity contribution in [1.82, 2.24) is 0 Å². The highest BCUT2D eigenvalue weighted by atomic mass is 31.1. The Bertz CT molecular complexity index is 1150.